The number of rotatable bonds is 5. The van der Waals surface area contributed by atoms with Crippen LogP contribution in [0.25, 0.3) is 0 Å². The zero-order valence-corrected chi connectivity index (χ0v) is 15.1. The Labute approximate surface area is 147 Å². The van der Waals surface area contributed by atoms with E-state index in [0.29, 0.717) is 22.8 Å². The molecular formula is C18H20N4O2S. The lowest BCUT2D eigenvalue weighted by molar-refractivity contribution is 0.600. The molecule has 0 atom stereocenters. The third-order valence-electron chi connectivity index (χ3n) is 3.83. The van der Waals surface area contributed by atoms with E-state index >= 15 is 0 Å². The highest BCUT2D eigenvalue weighted by Gasteiger charge is 2.23. The van der Waals surface area contributed by atoms with Crippen LogP contribution in [0, 0.1) is 20.8 Å². The number of aryl methyl sites for hydroxylation is 3. The van der Waals surface area contributed by atoms with Crippen LogP contribution in [0.4, 0.5) is 17.1 Å². The topological polar surface area (TPSA) is 86.9 Å². The van der Waals surface area contributed by atoms with Crippen molar-refractivity contribution in [1.29, 1.82) is 0 Å². The lowest BCUT2D eigenvalue weighted by Gasteiger charge is -2.14. The average molecular weight is 356 g/mol. The number of hydrogen-bond acceptors (Lipinski definition) is 4. The molecule has 2 aromatic carbocycles. The molecule has 7 heteroatoms. The van der Waals surface area contributed by atoms with Crippen molar-refractivity contribution in [2.24, 2.45) is 0 Å². The van der Waals surface area contributed by atoms with Crippen LogP contribution in [0.15, 0.2) is 53.4 Å². The Morgan fingerprint density at radius 2 is 1.56 bits per heavy atom. The third kappa shape index (κ3) is 3.66. The monoisotopic (exact) mass is 356 g/mol. The van der Waals surface area contributed by atoms with Gasteiger partial charge in [-0.15, -0.1) is 0 Å². The highest BCUT2D eigenvalue weighted by atomic mass is 32.2. The van der Waals surface area contributed by atoms with Crippen molar-refractivity contribution in [3.63, 3.8) is 0 Å². The van der Waals surface area contributed by atoms with Crippen molar-refractivity contribution in [1.82, 2.24) is 10.2 Å². The average Bonchev–Trinajstić information content (AvgIpc) is 2.91. The maximum Gasteiger partial charge on any atom is 0.265 e. The van der Waals surface area contributed by atoms with E-state index in [1.165, 1.54) is 0 Å². The second-order valence-electron chi connectivity index (χ2n) is 5.91. The molecule has 0 saturated heterocycles. The summed E-state index contributed by atoms with van der Waals surface area (Å²) in [5.41, 5.74) is 4.14. The number of H-pyrrole nitrogens is 1. The lowest BCUT2D eigenvalue weighted by atomic mass is 10.2. The minimum atomic E-state index is -3.74. The first-order chi connectivity index (χ1) is 11.9. The van der Waals surface area contributed by atoms with Crippen LogP contribution < -0.4 is 10.0 Å². The lowest BCUT2D eigenvalue weighted by Crippen LogP contribution is -2.15. The maximum absolute atomic E-state index is 12.8. The Hall–Kier alpha value is -2.80. The molecule has 0 bridgehead atoms. The molecule has 0 unspecified atom stereocenters. The van der Waals surface area contributed by atoms with E-state index in [9.17, 15) is 8.42 Å². The van der Waals surface area contributed by atoms with Crippen LogP contribution in [0.3, 0.4) is 0 Å². The summed E-state index contributed by atoms with van der Waals surface area (Å²) in [7, 11) is -3.74. The SMILES string of the molecule is Cc1ccc(Nc2ccccc2NS(=O)(=O)c2c(C)n[nH]c2C)cc1. The van der Waals surface area contributed by atoms with E-state index in [-0.39, 0.29) is 4.90 Å². The molecule has 0 aliphatic heterocycles. The van der Waals surface area contributed by atoms with Gasteiger partial charge in [0.1, 0.15) is 4.90 Å². The number of nitrogens with one attached hydrogen (secondary N) is 3. The highest BCUT2D eigenvalue weighted by molar-refractivity contribution is 7.92. The summed E-state index contributed by atoms with van der Waals surface area (Å²) in [6.45, 7) is 5.36. The molecule has 6 nitrogen and oxygen atoms in total. The second kappa shape index (κ2) is 6.60. The first kappa shape index (κ1) is 17.0. The van der Waals surface area contributed by atoms with Gasteiger partial charge in [0.2, 0.25) is 0 Å². The molecule has 1 aromatic heterocycles. The summed E-state index contributed by atoms with van der Waals surface area (Å²) in [6, 6.07) is 15.1. The van der Waals surface area contributed by atoms with Crippen LogP contribution in [0.1, 0.15) is 17.0 Å². The zero-order chi connectivity index (χ0) is 18.0. The number of anilines is 3. The fourth-order valence-electron chi connectivity index (χ4n) is 2.61. The third-order valence-corrected chi connectivity index (χ3v) is 5.46. The number of para-hydroxylation sites is 2. The molecule has 0 aliphatic carbocycles. The molecule has 3 rings (SSSR count). The Kier molecular flexibility index (Phi) is 4.50. The largest absolute Gasteiger partial charge is 0.354 e. The van der Waals surface area contributed by atoms with E-state index in [1.807, 2.05) is 43.3 Å². The van der Waals surface area contributed by atoms with Gasteiger partial charge < -0.3 is 5.32 Å². The van der Waals surface area contributed by atoms with Crippen LogP contribution in [0.5, 0.6) is 0 Å². The minimum absolute atomic E-state index is 0.178. The van der Waals surface area contributed by atoms with Crippen molar-refractivity contribution < 1.29 is 8.42 Å². The number of nitrogens with zero attached hydrogens (tertiary/aromatic N) is 1. The number of sulfonamides is 1. The molecule has 0 spiro atoms. The van der Waals surface area contributed by atoms with Gasteiger partial charge in [-0.25, -0.2) is 8.42 Å². The van der Waals surface area contributed by atoms with Gasteiger partial charge in [0.15, 0.2) is 0 Å². The fourth-order valence-corrected chi connectivity index (χ4v) is 4.06. The van der Waals surface area contributed by atoms with Gasteiger partial charge in [0.25, 0.3) is 10.0 Å². The van der Waals surface area contributed by atoms with E-state index in [2.05, 4.69) is 20.2 Å². The maximum atomic E-state index is 12.8. The normalized spacial score (nSPS) is 11.3. The Morgan fingerprint density at radius 3 is 2.16 bits per heavy atom. The van der Waals surface area contributed by atoms with Gasteiger partial charge in [0.05, 0.1) is 22.8 Å². The molecule has 1 heterocycles. The van der Waals surface area contributed by atoms with Gasteiger partial charge in [-0.1, -0.05) is 29.8 Å². The summed E-state index contributed by atoms with van der Waals surface area (Å²) in [5, 5.41) is 9.91. The summed E-state index contributed by atoms with van der Waals surface area (Å²) in [5.74, 6) is 0. The van der Waals surface area contributed by atoms with Crippen LogP contribution in [-0.4, -0.2) is 18.6 Å². The molecular weight excluding hydrogens is 336 g/mol. The Balaban J connectivity index is 1.92. The molecule has 3 aromatic rings. The first-order valence-electron chi connectivity index (χ1n) is 7.84. The first-order valence-corrected chi connectivity index (χ1v) is 9.32. The molecule has 0 aliphatic rings. The van der Waals surface area contributed by atoms with Gasteiger partial charge in [-0.2, -0.15) is 5.10 Å². The molecule has 25 heavy (non-hydrogen) atoms. The fraction of sp³-hybridized carbons (Fsp3) is 0.167. The van der Waals surface area contributed by atoms with Gasteiger partial charge in [0, 0.05) is 5.69 Å². The van der Waals surface area contributed by atoms with E-state index in [1.54, 1.807) is 26.0 Å². The summed E-state index contributed by atoms with van der Waals surface area (Å²) in [6.07, 6.45) is 0. The number of benzene rings is 2. The van der Waals surface area contributed by atoms with Crippen molar-refractivity contribution in [2.45, 2.75) is 25.7 Å². The molecule has 130 valence electrons. The van der Waals surface area contributed by atoms with Crippen LogP contribution >= 0.6 is 0 Å². The smallest absolute Gasteiger partial charge is 0.265 e. The van der Waals surface area contributed by atoms with Crippen molar-refractivity contribution >= 4 is 27.1 Å². The minimum Gasteiger partial charge on any atom is -0.354 e. The Morgan fingerprint density at radius 1 is 0.920 bits per heavy atom. The molecule has 0 amide bonds. The van der Waals surface area contributed by atoms with Crippen LogP contribution in [-0.2, 0) is 10.0 Å². The number of hydrogen-bond donors (Lipinski definition) is 3. The summed E-state index contributed by atoms with van der Waals surface area (Å²) in [4.78, 5) is 0.178. The number of aromatic nitrogens is 2. The quantitative estimate of drug-likeness (QED) is 0.647. The van der Waals surface area contributed by atoms with Crippen molar-refractivity contribution in [3.05, 3.63) is 65.5 Å². The zero-order valence-electron chi connectivity index (χ0n) is 14.3. The van der Waals surface area contributed by atoms with Gasteiger partial charge in [-0.3, -0.25) is 9.82 Å². The van der Waals surface area contributed by atoms with Crippen molar-refractivity contribution in [2.75, 3.05) is 10.0 Å². The Bertz CT molecular complexity index is 973. The molecule has 3 N–H and O–H groups in total. The van der Waals surface area contributed by atoms with E-state index in [0.717, 1.165) is 11.3 Å². The van der Waals surface area contributed by atoms with E-state index in [4.69, 9.17) is 0 Å². The predicted octanol–water partition coefficient (Wildman–Crippen LogP) is 3.88. The van der Waals surface area contributed by atoms with E-state index < -0.39 is 10.0 Å². The standard InChI is InChI=1S/C18H20N4O2S/c1-12-8-10-15(11-9-12)19-16-6-4-5-7-17(16)22-25(23,24)18-13(2)20-21-14(18)3/h4-11,19,22H,1-3H3,(H,20,21). The summed E-state index contributed by atoms with van der Waals surface area (Å²) >= 11 is 0. The second-order valence-corrected chi connectivity index (χ2v) is 7.52. The predicted molar refractivity (Wildman–Crippen MR) is 99.8 cm³/mol. The van der Waals surface area contributed by atoms with Crippen LogP contribution in [0.2, 0.25) is 0 Å². The molecule has 0 saturated carbocycles. The highest BCUT2D eigenvalue weighted by Crippen LogP contribution is 2.28. The molecule has 0 fully saturated rings. The molecule has 0 radical (unpaired) electrons. The van der Waals surface area contributed by atoms with Gasteiger partial charge in [-0.05, 0) is 45.0 Å². The summed E-state index contributed by atoms with van der Waals surface area (Å²) < 4.78 is 28.2. The van der Waals surface area contributed by atoms with Crippen molar-refractivity contribution in [3.8, 4) is 0 Å². The number of aromatic amines is 1. The van der Waals surface area contributed by atoms with Gasteiger partial charge >= 0.3 is 0 Å².